The van der Waals surface area contributed by atoms with Crippen LogP contribution in [0.5, 0.6) is 0 Å². The summed E-state index contributed by atoms with van der Waals surface area (Å²) in [6, 6.07) is 10.1. The van der Waals surface area contributed by atoms with Crippen LogP contribution in [0.2, 0.25) is 0 Å². The first kappa shape index (κ1) is 14.8. The molecule has 1 unspecified atom stereocenters. The highest BCUT2D eigenvalue weighted by atomic mass is 16.4. The van der Waals surface area contributed by atoms with E-state index < -0.39 is 5.97 Å². The van der Waals surface area contributed by atoms with Crippen LogP contribution in [0.3, 0.4) is 0 Å². The Kier molecular flexibility index (Phi) is 4.77. The van der Waals surface area contributed by atoms with Crippen LogP contribution >= 0.6 is 0 Å². The quantitative estimate of drug-likeness (QED) is 0.854. The van der Waals surface area contributed by atoms with Crippen molar-refractivity contribution in [2.45, 2.75) is 25.8 Å². The average molecular weight is 287 g/mol. The number of amides is 1. The lowest BCUT2D eigenvalue weighted by molar-refractivity contribution is -0.121. The van der Waals surface area contributed by atoms with Gasteiger partial charge in [0.25, 0.3) is 0 Å². The number of carbonyl (C=O) groups excluding carboxylic acids is 1. The SMILES string of the molecule is CC(Cc1ccco1)NC(=O)Cc1ccccc1C(=O)O. The fourth-order valence-corrected chi connectivity index (χ4v) is 2.16. The minimum absolute atomic E-state index is 0.0466. The van der Waals surface area contributed by atoms with E-state index in [0.717, 1.165) is 5.76 Å². The highest BCUT2D eigenvalue weighted by Gasteiger charge is 2.14. The van der Waals surface area contributed by atoms with Crippen LogP contribution in [-0.4, -0.2) is 23.0 Å². The lowest BCUT2D eigenvalue weighted by Gasteiger charge is -2.13. The molecule has 5 nitrogen and oxygen atoms in total. The van der Waals surface area contributed by atoms with Gasteiger partial charge in [-0.05, 0) is 30.7 Å². The Hall–Kier alpha value is -2.56. The molecule has 0 bridgehead atoms. The van der Waals surface area contributed by atoms with E-state index in [1.54, 1.807) is 30.5 Å². The molecule has 5 heteroatoms. The summed E-state index contributed by atoms with van der Waals surface area (Å²) in [6.45, 7) is 1.88. The third-order valence-electron chi connectivity index (χ3n) is 3.09. The summed E-state index contributed by atoms with van der Waals surface area (Å²) in [5.41, 5.74) is 0.666. The zero-order valence-corrected chi connectivity index (χ0v) is 11.7. The Morgan fingerprint density at radius 3 is 2.67 bits per heavy atom. The van der Waals surface area contributed by atoms with Gasteiger partial charge in [-0.25, -0.2) is 4.79 Å². The molecule has 1 atom stereocenters. The number of furan rings is 1. The van der Waals surface area contributed by atoms with Crippen molar-refractivity contribution in [1.82, 2.24) is 5.32 Å². The predicted molar refractivity (Wildman–Crippen MR) is 77.1 cm³/mol. The van der Waals surface area contributed by atoms with Gasteiger partial charge in [0, 0.05) is 12.5 Å². The van der Waals surface area contributed by atoms with Gasteiger partial charge >= 0.3 is 5.97 Å². The van der Waals surface area contributed by atoms with Gasteiger partial charge in [0.15, 0.2) is 0 Å². The number of carboxylic acid groups (broad SMARTS) is 1. The average Bonchev–Trinajstić information content (AvgIpc) is 2.91. The second-order valence-electron chi connectivity index (χ2n) is 4.89. The summed E-state index contributed by atoms with van der Waals surface area (Å²) in [4.78, 5) is 23.1. The maximum atomic E-state index is 12.0. The Morgan fingerprint density at radius 2 is 2.00 bits per heavy atom. The van der Waals surface area contributed by atoms with Crippen molar-refractivity contribution in [3.63, 3.8) is 0 Å². The monoisotopic (exact) mass is 287 g/mol. The molecule has 1 heterocycles. The Bertz CT molecular complexity index is 619. The molecule has 2 N–H and O–H groups in total. The molecule has 0 fully saturated rings. The Labute approximate surface area is 122 Å². The van der Waals surface area contributed by atoms with Crippen molar-refractivity contribution in [2.24, 2.45) is 0 Å². The number of carbonyl (C=O) groups is 2. The number of hydrogen-bond acceptors (Lipinski definition) is 3. The normalized spacial score (nSPS) is 11.9. The van der Waals surface area contributed by atoms with E-state index in [0.29, 0.717) is 12.0 Å². The highest BCUT2D eigenvalue weighted by Crippen LogP contribution is 2.10. The van der Waals surface area contributed by atoms with Crippen molar-refractivity contribution in [2.75, 3.05) is 0 Å². The van der Waals surface area contributed by atoms with Crippen LogP contribution in [0.4, 0.5) is 0 Å². The fourth-order valence-electron chi connectivity index (χ4n) is 2.16. The van der Waals surface area contributed by atoms with E-state index >= 15 is 0 Å². The highest BCUT2D eigenvalue weighted by molar-refractivity contribution is 5.91. The van der Waals surface area contributed by atoms with Crippen molar-refractivity contribution < 1.29 is 19.1 Å². The first-order valence-electron chi connectivity index (χ1n) is 6.69. The zero-order valence-electron chi connectivity index (χ0n) is 11.7. The van der Waals surface area contributed by atoms with Crippen molar-refractivity contribution >= 4 is 11.9 Å². The fraction of sp³-hybridized carbons (Fsp3) is 0.250. The summed E-state index contributed by atoms with van der Waals surface area (Å²) >= 11 is 0. The van der Waals surface area contributed by atoms with E-state index in [1.165, 1.54) is 6.07 Å². The van der Waals surface area contributed by atoms with Crippen molar-refractivity contribution in [3.05, 3.63) is 59.5 Å². The van der Waals surface area contributed by atoms with E-state index in [1.807, 2.05) is 13.0 Å². The predicted octanol–water partition coefficient (Wildman–Crippen LogP) is 2.27. The summed E-state index contributed by atoms with van der Waals surface area (Å²) in [6.07, 6.45) is 2.23. The molecule has 1 aromatic carbocycles. The minimum Gasteiger partial charge on any atom is -0.478 e. The molecule has 21 heavy (non-hydrogen) atoms. The molecule has 0 radical (unpaired) electrons. The molecule has 1 aromatic heterocycles. The standard InChI is InChI=1S/C16H17NO4/c1-11(9-13-6-4-8-21-13)17-15(18)10-12-5-2-3-7-14(12)16(19)20/h2-8,11H,9-10H2,1H3,(H,17,18)(H,19,20). The van der Waals surface area contributed by atoms with Crippen LogP contribution in [0.25, 0.3) is 0 Å². The maximum Gasteiger partial charge on any atom is 0.335 e. The van der Waals surface area contributed by atoms with Crippen molar-refractivity contribution in [3.8, 4) is 0 Å². The number of benzene rings is 1. The molecule has 0 spiro atoms. The van der Waals surface area contributed by atoms with Gasteiger partial charge in [0.05, 0.1) is 18.2 Å². The number of rotatable bonds is 6. The lowest BCUT2D eigenvalue weighted by Crippen LogP contribution is -2.35. The molecule has 0 saturated carbocycles. The molecule has 0 aliphatic carbocycles. The molecule has 0 aliphatic heterocycles. The third-order valence-corrected chi connectivity index (χ3v) is 3.09. The number of carboxylic acids is 1. The van der Waals surface area contributed by atoms with Crippen LogP contribution in [0.1, 0.15) is 28.6 Å². The molecular weight excluding hydrogens is 270 g/mol. The van der Waals surface area contributed by atoms with Gasteiger partial charge in [0.2, 0.25) is 5.91 Å². The molecule has 2 rings (SSSR count). The summed E-state index contributed by atoms with van der Waals surface area (Å²) in [7, 11) is 0. The molecule has 0 aliphatic rings. The van der Waals surface area contributed by atoms with E-state index in [2.05, 4.69) is 5.32 Å². The minimum atomic E-state index is -1.03. The number of nitrogens with one attached hydrogen (secondary N) is 1. The molecule has 1 amide bonds. The Morgan fingerprint density at radius 1 is 1.24 bits per heavy atom. The summed E-state index contributed by atoms with van der Waals surface area (Å²) in [5.74, 6) is -0.432. The van der Waals surface area contributed by atoms with Crippen molar-refractivity contribution in [1.29, 1.82) is 0 Å². The first-order chi connectivity index (χ1) is 10.1. The van der Waals surface area contributed by atoms with Gasteiger partial charge in [-0.2, -0.15) is 0 Å². The molecule has 2 aromatic rings. The van der Waals surface area contributed by atoms with Gasteiger partial charge < -0.3 is 14.8 Å². The van der Waals surface area contributed by atoms with E-state index in [4.69, 9.17) is 9.52 Å². The molecule has 0 saturated heterocycles. The van der Waals surface area contributed by atoms with Gasteiger partial charge in [-0.15, -0.1) is 0 Å². The number of aromatic carboxylic acids is 1. The summed E-state index contributed by atoms with van der Waals surface area (Å²) in [5, 5.41) is 11.9. The van der Waals surface area contributed by atoms with Crippen LogP contribution in [0.15, 0.2) is 47.1 Å². The van der Waals surface area contributed by atoms with Crippen LogP contribution < -0.4 is 5.32 Å². The second-order valence-corrected chi connectivity index (χ2v) is 4.89. The van der Waals surface area contributed by atoms with Gasteiger partial charge in [-0.3, -0.25) is 4.79 Å². The summed E-state index contributed by atoms with van der Waals surface area (Å²) < 4.78 is 5.23. The third kappa shape index (κ3) is 4.21. The molecule has 110 valence electrons. The van der Waals surface area contributed by atoms with Crippen LogP contribution in [-0.2, 0) is 17.6 Å². The number of hydrogen-bond donors (Lipinski definition) is 2. The van der Waals surface area contributed by atoms with Gasteiger partial charge in [-0.1, -0.05) is 18.2 Å². The van der Waals surface area contributed by atoms with Crippen LogP contribution in [0, 0.1) is 0 Å². The maximum absolute atomic E-state index is 12.0. The van der Waals surface area contributed by atoms with Gasteiger partial charge in [0.1, 0.15) is 5.76 Å². The lowest BCUT2D eigenvalue weighted by atomic mass is 10.0. The Balaban J connectivity index is 1.94. The first-order valence-corrected chi connectivity index (χ1v) is 6.69. The van der Waals surface area contributed by atoms with E-state index in [-0.39, 0.29) is 23.9 Å². The zero-order chi connectivity index (χ0) is 15.2. The topological polar surface area (TPSA) is 79.5 Å². The smallest absolute Gasteiger partial charge is 0.335 e. The molecular formula is C16H17NO4. The largest absolute Gasteiger partial charge is 0.478 e. The van der Waals surface area contributed by atoms with E-state index in [9.17, 15) is 9.59 Å². The second kappa shape index (κ2) is 6.74.